The molecule has 0 saturated carbocycles. The van der Waals surface area contributed by atoms with Crippen LogP contribution in [-0.4, -0.2) is 14.5 Å². The van der Waals surface area contributed by atoms with Gasteiger partial charge in [0.1, 0.15) is 11.2 Å². The smallest absolute Gasteiger partial charge is 0.159 e. The zero-order chi connectivity index (χ0) is 45.5. The third-order valence-corrected chi connectivity index (χ3v) is 15.2. The number of nitrogens with zero attached hydrogens (tertiary/aromatic N) is 3. The molecule has 0 atom stereocenters. The summed E-state index contributed by atoms with van der Waals surface area (Å²) in [7, 11) is 0. The van der Waals surface area contributed by atoms with Gasteiger partial charge in [-0.1, -0.05) is 159 Å². The minimum absolute atomic E-state index is 0.135. The molecule has 0 radical (unpaired) electrons. The van der Waals surface area contributed by atoms with Gasteiger partial charge >= 0.3 is 0 Å². The molecule has 0 amide bonds. The van der Waals surface area contributed by atoms with Gasteiger partial charge in [-0.2, -0.15) is 0 Å². The van der Waals surface area contributed by atoms with Gasteiger partial charge in [-0.25, -0.2) is 9.97 Å². The number of fused-ring (bicyclic) bond motifs is 17. The Bertz CT molecular complexity index is 4460. The summed E-state index contributed by atoms with van der Waals surface area (Å²) < 4.78 is 8.98. The lowest BCUT2D eigenvalue weighted by Gasteiger charge is -2.22. The van der Waals surface area contributed by atoms with Gasteiger partial charge in [-0.05, 0) is 131 Å². The number of para-hydroxylation sites is 4. The van der Waals surface area contributed by atoms with Crippen LogP contribution in [0.4, 0.5) is 0 Å². The van der Waals surface area contributed by atoms with E-state index in [0.29, 0.717) is 5.82 Å². The monoisotopic (exact) mass is 879 g/mol. The Balaban J connectivity index is 0.886. The normalized spacial score (nSPS) is 13.2. The molecule has 3 heterocycles. The van der Waals surface area contributed by atoms with Crippen LogP contribution in [0.15, 0.2) is 217 Å². The molecule has 0 saturated heterocycles. The summed E-state index contributed by atoms with van der Waals surface area (Å²) in [4.78, 5) is 10.3. The highest BCUT2D eigenvalue weighted by Gasteiger charge is 2.37. The summed E-state index contributed by atoms with van der Waals surface area (Å²) in [6.07, 6.45) is 3.97. The molecule has 1 aliphatic carbocycles. The highest BCUT2D eigenvalue weighted by molar-refractivity contribution is 6.27. The lowest BCUT2D eigenvalue weighted by Crippen LogP contribution is -2.14. The molecular formula is C65H41N3O. The summed E-state index contributed by atoms with van der Waals surface area (Å²) in [6.45, 7) is 4.76. The molecule has 0 N–H and O–H groups in total. The maximum absolute atomic E-state index is 6.62. The van der Waals surface area contributed by atoms with Crippen LogP contribution < -0.4 is 0 Å². The van der Waals surface area contributed by atoms with Crippen molar-refractivity contribution >= 4 is 86.8 Å². The minimum Gasteiger partial charge on any atom is -0.455 e. The predicted octanol–water partition coefficient (Wildman–Crippen LogP) is 17.4. The molecule has 1 aliphatic rings. The molecule has 4 heteroatoms. The van der Waals surface area contributed by atoms with E-state index in [2.05, 4.69) is 206 Å². The first-order valence-corrected chi connectivity index (χ1v) is 23.8. The third-order valence-electron chi connectivity index (χ3n) is 15.2. The Hall–Kier alpha value is -8.86. The van der Waals surface area contributed by atoms with Gasteiger partial charge in [0, 0.05) is 61.7 Å². The van der Waals surface area contributed by atoms with E-state index >= 15 is 0 Å². The molecule has 322 valence electrons. The van der Waals surface area contributed by atoms with Gasteiger partial charge in [0.05, 0.1) is 11.0 Å². The number of rotatable bonds is 4. The van der Waals surface area contributed by atoms with E-state index in [1.807, 2.05) is 24.5 Å². The third kappa shape index (κ3) is 5.46. The number of furan rings is 1. The summed E-state index contributed by atoms with van der Waals surface area (Å²) in [5.41, 5.74) is 15.4. The van der Waals surface area contributed by atoms with Crippen molar-refractivity contribution in [3.63, 3.8) is 0 Å². The summed E-state index contributed by atoms with van der Waals surface area (Å²) in [5, 5.41) is 14.8. The minimum atomic E-state index is -0.135. The molecule has 15 rings (SSSR count). The standard InChI is InChI=1S/C65H41N3O/c1-65(2)57-29-27-38-14-3-4-15-44(38)62(57)56-34-54-47-17-6-5-16-46(47)53-33-39(26-28-48(53)55(54)35-58(56)65)42-36-66-64(67-37-42)41-30-40(45-21-13-22-52-51-20-9-12-25-61(51)69-63(45)52)31-43(32-41)68-59-23-10-7-18-49(59)50-19-8-11-24-60(50)68/h3-37H,1-2H3. The second kappa shape index (κ2) is 14.1. The first kappa shape index (κ1) is 38.3. The molecule has 0 fully saturated rings. The van der Waals surface area contributed by atoms with Gasteiger partial charge < -0.3 is 8.98 Å². The molecule has 14 aromatic rings. The van der Waals surface area contributed by atoms with Crippen LogP contribution in [0.2, 0.25) is 0 Å². The van der Waals surface area contributed by atoms with Crippen LogP contribution in [0.1, 0.15) is 25.0 Å². The average molecular weight is 880 g/mol. The highest BCUT2D eigenvalue weighted by atomic mass is 16.3. The molecule has 69 heavy (non-hydrogen) atoms. The van der Waals surface area contributed by atoms with Gasteiger partial charge in [-0.3, -0.25) is 0 Å². The Labute approximate surface area is 397 Å². The van der Waals surface area contributed by atoms with Crippen molar-refractivity contribution in [2.45, 2.75) is 19.3 Å². The number of hydrogen-bond donors (Lipinski definition) is 0. The van der Waals surface area contributed by atoms with E-state index < -0.39 is 0 Å². The fourth-order valence-corrected chi connectivity index (χ4v) is 12.0. The molecule has 11 aromatic carbocycles. The molecule has 4 nitrogen and oxygen atoms in total. The average Bonchev–Trinajstić information content (AvgIpc) is 4.03. The van der Waals surface area contributed by atoms with Crippen LogP contribution >= 0.6 is 0 Å². The fourth-order valence-electron chi connectivity index (χ4n) is 12.0. The topological polar surface area (TPSA) is 43.9 Å². The first-order chi connectivity index (χ1) is 34.0. The summed E-state index contributed by atoms with van der Waals surface area (Å²) in [5.74, 6) is 0.655. The maximum Gasteiger partial charge on any atom is 0.159 e. The van der Waals surface area contributed by atoms with E-state index in [1.54, 1.807) is 0 Å². The fraction of sp³-hybridized carbons (Fsp3) is 0.0462. The Kier molecular flexibility index (Phi) is 7.81. The van der Waals surface area contributed by atoms with Crippen LogP contribution in [0.25, 0.3) is 137 Å². The van der Waals surface area contributed by atoms with Crippen molar-refractivity contribution in [1.29, 1.82) is 0 Å². The van der Waals surface area contributed by atoms with Crippen molar-refractivity contribution in [2.75, 3.05) is 0 Å². The second-order valence-electron chi connectivity index (χ2n) is 19.3. The molecule has 0 unspecified atom stereocenters. The van der Waals surface area contributed by atoms with E-state index in [9.17, 15) is 0 Å². The molecule has 0 spiro atoms. The van der Waals surface area contributed by atoms with Crippen molar-refractivity contribution in [1.82, 2.24) is 14.5 Å². The van der Waals surface area contributed by atoms with Gasteiger partial charge in [0.15, 0.2) is 5.82 Å². The molecule has 0 aliphatic heterocycles. The van der Waals surface area contributed by atoms with Crippen molar-refractivity contribution < 1.29 is 4.42 Å². The quantitative estimate of drug-likeness (QED) is 0.165. The lowest BCUT2D eigenvalue weighted by atomic mass is 9.81. The van der Waals surface area contributed by atoms with Crippen LogP contribution in [0.5, 0.6) is 0 Å². The number of benzene rings is 11. The van der Waals surface area contributed by atoms with Crippen molar-refractivity contribution in [3.05, 3.63) is 224 Å². The zero-order valence-electron chi connectivity index (χ0n) is 38.0. The lowest BCUT2D eigenvalue weighted by molar-refractivity contribution is 0.662. The Morgan fingerprint density at radius 2 is 1.00 bits per heavy atom. The highest BCUT2D eigenvalue weighted by Crippen LogP contribution is 2.54. The first-order valence-electron chi connectivity index (χ1n) is 23.8. The van der Waals surface area contributed by atoms with E-state index in [0.717, 1.165) is 66.5 Å². The SMILES string of the molecule is CC1(C)c2cc3c4ccc(-c5cnc(-c6cc(-c7cccc8c7oc7ccccc78)cc(-n7c8ccccc8c8ccccc87)c6)nc5)cc4c4ccccc4c3cc2-c2c1ccc1ccccc21. The van der Waals surface area contributed by atoms with Gasteiger partial charge in [0.2, 0.25) is 0 Å². The van der Waals surface area contributed by atoms with E-state index in [4.69, 9.17) is 14.4 Å². The van der Waals surface area contributed by atoms with Crippen LogP contribution in [0.3, 0.4) is 0 Å². The van der Waals surface area contributed by atoms with E-state index in [-0.39, 0.29) is 5.41 Å². The number of hydrogen-bond acceptors (Lipinski definition) is 3. The zero-order valence-corrected chi connectivity index (χ0v) is 38.0. The van der Waals surface area contributed by atoms with Crippen molar-refractivity contribution in [2.24, 2.45) is 0 Å². The van der Waals surface area contributed by atoms with Crippen LogP contribution in [-0.2, 0) is 5.41 Å². The number of aromatic nitrogens is 3. The van der Waals surface area contributed by atoms with Crippen LogP contribution in [0, 0.1) is 0 Å². The van der Waals surface area contributed by atoms with Gasteiger partial charge in [0.25, 0.3) is 0 Å². The Morgan fingerprint density at radius 1 is 0.391 bits per heavy atom. The Morgan fingerprint density at radius 3 is 1.77 bits per heavy atom. The van der Waals surface area contributed by atoms with E-state index in [1.165, 1.54) is 76.1 Å². The molecule has 3 aromatic heterocycles. The van der Waals surface area contributed by atoms with Gasteiger partial charge in [-0.15, -0.1) is 0 Å². The summed E-state index contributed by atoms with van der Waals surface area (Å²) in [6, 6.07) is 72.9. The largest absolute Gasteiger partial charge is 0.455 e. The predicted molar refractivity (Wildman–Crippen MR) is 288 cm³/mol. The van der Waals surface area contributed by atoms with Crippen molar-refractivity contribution in [3.8, 4) is 50.5 Å². The second-order valence-corrected chi connectivity index (χ2v) is 19.3. The maximum atomic E-state index is 6.62. The molecular weight excluding hydrogens is 839 g/mol. The summed E-state index contributed by atoms with van der Waals surface area (Å²) >= 11 is 0. The molecule has 0 bridgehead atoms.